The zero-order valence-corrected chi connectivity index (χ0v) is 25.0. The van der Waals surface area contributed by atoms with Crippen LogP contribution < -0.4 is 10.1 Å². The van der Waals surface area contributed by atoms with Crippen molar-refractivity contribution in [3.63, 3.8) is 0 Å². The largest absolute Gasteiger partial charge is 0.507 e. The second kappa shape index (κ2) is 12.5. The highest BCUT2D eigenvalue weighted by atomic mass is 16.7. The molecule has 12 heteroatoms. The number of rotatable bonds is 10. The molecule has 6 atom stereocenters. The predicted octanol–water partition coefficient (Wildman–Crippen LogP) is 1.82. The highest BCUT2D eigenvalue weighted by molar-refractivity contribution is 6.31. The monoisotopic (exact) mass is 613 g/mol. The molecule has 2 aliphatic carbocycles. The summed E-state index contributed by atoms with van der Waals surface area (Å²) in [5.41, 5.74) is -3.49. The molecule has 1 saturated heterocycles. The maximum absolute atomic E-state index is 13.8. The smallest absolute Gasteiger partial charge is 0.202 e. The van der Waals surface area contributed by atoms with Crippen LogP contribution in [0.25, 0.3) is 0 Å². The van der Waals surface area contributed by atoms with E-state index in [1.165, 1.54) is 25.3 Å². The third-order valence-electron chi connectivity index (χ3n) is 8.95. The van der Waals surface area contributed by atoms with Crippen molar-refractivity contribution < 1.29 is 54.1 Å². The van der Waals surface area contributed by atoms with Gasteiger partial charge in [-0.15, -0.1) is 0 Å². The topological polar surface area (TPSA) is 192 Å². The molecule has 238 valence electrons. The van der Waals surface area contributed by atoms with Crippen LogP contribution in [0.3, 0.4) is 0 Å². The molecule has 3 aliphatic rings. The molecule has 0 radical (unpaired) electrons. The number of phenols is 2. The van der Waals surface area contributed by atoms with E-state index in [0.29, 0.717) is 6.54 Å². The van der Waals surface area contributed by atoms with Crippen LogP contribution in [0.4, 0.5) is 0 Å². The maximum Gasteiger partial charge on any atom is 0.202 e. The quantitative estimate of drug-likeness (QED) is 0.144. The van der Waals surface area contributed by atoms with Crippen molar-refractivity contribution in [3.8, 4) is 17.2 Å². The van der Waals surface area contributed by atoms with E-state index in [2.05, 4.69) is 12.2 Å². The summed E-state index contributed by atoms with van der Waals surface area (Å²) in [6, 6.07) is 4.01. The van der Waals surface area contributed by atoms with Gasteiger partial charge in [-0.25, -0.2) is 0 Å². The van der Waals surface area contributed by atoms with Gasteiger partial charge >= 0.3 is 0 Å². The molecule has 1 heterocycles. The first-order chi connectivity index (χ1) is 21.0. The second-order valence-electron chi connectivity index (χ2n) is 11.8. The fraction of sp³-hybridized carbons (Fsp3) is 0.531. The van der Waals surface area contributed by atoms with Crippen molar-refractivity contribution in [2.45, 2.75) is 88.6 Å². The fourth-order valence-electron chi connectivity index (χ4n) is 6.58. The Morgan fingerprint density at radius 1 is 1.11 bits per heavy atom. The summed E-state index contributed by atoms with van der Waals surface area (Å²) in [4.78, 5) is 40.2. The summed E-state index contributed by atoms with van der Waals surface area (Å²) < 4.78 is 17.5. The molecule has 44 heavy (non-hydrogen) atoms. The molecule has 0 spiro atoms. The van der Waals surface area contributed by atoms with Crippen LogP contribution >= 0.6 is 0 Å². The average molecular weight is 614 g/mol. The van der Waals surface area contributed by atoms with Crippen LogP contribution in [0.2, 0.25) is 0 Å². The van der Waals surface area contributed by atoms with E-state index in [0.717, 1.165) is 19.3 Å². The highest BCUT2D eigenvalue weighted by Gasteiger charge is 2.50. The Balaban J connectivity index is 1.58. The van der Waals surface area contributed by atoms with Crippen molar-refractivity contribution in [1.29, 1.82) is 0 Å². The number of ether oxygens (including phenoxy) is 3. The van der Waals surface area contributed by atoms with Gasteiger partial charge in [0.2, 0.25) is 5.78 Å². The number of fused-ring (bicyclic) bond motifs is 3. The minimum Gasteiger partial charge on any atom is -0.507 e. The van der Waals surface area contributed by atoms with Crippen molar-refractivity contribution in [3.05, 3.63) is 51.6 Å². The Morgan fingerprint density at radius 2 is 1.84 bits per heavy atom. The molecule has 6 N–H and O–H groups in total. The lowest BCUT2D eigenvalue weighted by Crippen LogP contribution is -2.54. The number of ketones is 3. The minimum atomic E-state index is -2.23. The molecule has 1 fully saturated rings. The van der Waals surface area contributed by atoms with Crippen LogP contribution in [0.1, 0.15) is 95.0 Å². The van der Waals surface area contributed by atoms with Crippen LogP contribution in [-0.4, -0.2) is 93.3 Å². The minimum absolute atomic E-state index is 0.0394. The van der Waals surface area contributed by atoms with E-state index in [-0.39, 0.29) is 34.4 Å². The van der Waals surface area contributed by atoms with E-state index < -0.39 is 95.7 Å². The van der Waals surface area contributed by atoms with E-state index >= 15 is 0 Å². The Hall–Kier alpha value is -3.39. The zero-order chi connectivity index (χ0) is 31.9. The van der Waals surface area contributed by atoms with Gasteiger partial charge in [0.05, 0.1) is 42.1 Å². The molecule has 1 aliphatic heterocycles. The predicted molar refractivity (Wildman–Crippen MR) is 155 cm³/mol. The number of carbonyl (C=O) groups excluding carboxylic acids is 3. The van der Waals surface area contributed by atoms with E-state index in [1.807, 2.05) is 0 Å². The Kier molecular flexibility index (Phi) is 9.13. The van der Waals surface area contributed by atoms with Crippen LogP contribution in [-0.2, 0) is 20.7 Å². The number of phenolic OH excluding ortho intramolecular Hbond substituents is 2. The number of methoxy groups -OCH3 is 1. The zero-order valence-electron chi connectivity index (χ0n) is 25.0. The summed E-state index contributed by atoms with van der Waals surface area (Å²) in [6.07, 6.45) is -1.67. The SMILES string of the molecule is CCCCCN[C@H]1C[C@H](O[C@H]2C[C@](O)(C(=O)CO)Cc3c(O)c4c(c(O)c32)C(=O)c2c(OC)cccc2C4=O)O[C@@H](C)[C@H]1O. The molecular weight excluding hydrogens is 574 g/mol. The number of carbonyl (C=O) groups is 3. The molecule has 0 aromatic heterocycles. The third-order valence-corrected chi connectivity index (χ3v) is 8.95. The molecule has 0 amide bonds. The highest BCUT2D eigenvalue weighted by Crippen LogP contribution is 2.52. The van der Waals surface area contributed by atoms with Gasteiger partial charge in [-0.2, -0.15) is 0 Å². The van der Waals surface area contributed by atoms with Gasteiger partial charge < -0.3 is 45.1 Å². The molecule has 12 nitrogen and oxygen atoms in total. The van der Waals surface area contributed by atoms with Gasteiger partial charge in [0.1, 0.15) is 29.5 Å². The second-order valence-corrected chi connectivity index (χ2v) is 11.8. The molecule has 2 aromatic rings. The number of aliphatic hydroxyl groups excluding tert-OH is 2. The lowest BCUT2D eigenvalue weighted by atomic mass is 9.72. The first kappa shape index (κ1) is 32.0. The molecule has 0 unspecified atom stereocenters. The van der Waals surface area contributed by atoms with Gasteiger partial charge in [-0.05, 0) is 26.0 Å². The van der Waals surface area contributed by atoms with Crippen LogP contribution in [0.15, 0.2) is 18.2 Å². The first-order valence-corrected chi connectivity index (χ1v) is 14.9. The number of hydrogen-bond acceptors (Lipinski definition) is 12. The summed E-state index contributed by atoms with van der Waals surface area (Å²) in [5, 5.41) is 58.3. The third kappa shape index (κ3) is 5.40. The fourth-order valence-corrected chi connectivity index (χ4v) is 6.58. The lowest BCUT2D eigenvalue weighted by molar-refractivity contribution is -0.249. The standard InChI is InChI=1S/C32H39NO11/c1-4-5-6-10-33-18-11-22(43-15(2)27(18)36)44-20-13-32(41,21(35)14-34)12-17-24(20)31(40)26-25(29(17)38)28(37)16-8-7-9-19(42-3)23(16)30(26)39/h7-9,15,18,20,22,27,33-34,36,38,40-41H,4-6,10-14H2,1-3H3/t15-,18-,20-,22-,27+,32-/m0/s1. The normalized spacial score (nSPS) is 27.8. The number of benzene rings is 2. The van der Waals surface area contributed by atoms with Crippen molar-refractivity contribution in [2.24, 2.45) is 0 Å². The summed E-state index contributed by atoms with van der Waals surface area (Å²) in [5.74, 6) is -3.66. The lowest BCUT2D eigenvalue weighted by Gasteiger charge is -2.43. The number of nitrogens with one attached hydrogen (secondary N) is 1. The van der Waals surface area contributed by atoms with E-state index in [4.69, 9.17) is 14.2 Å². The van der Waals surface area contributed by atoms with Gasteiger partial charge in [0.25, 0.3) is 0 Å². The molecule has 5 rings (SSSR count). The van der Waals surface area contributed by atoms with Crippen molar-refractivity contribution >= 4 is 17.3 Å². The molecular formula is C32H39NO11. The Bertz CT molecular complexity index is 1470. The maximum atomic E-state index is 13.8. The van der Waals surface area contributed by atoms with Gasteiger partial charge in [0, 0.05) is 42.0 Å². The van der Waals surface area contributed by atoms with Crippen LogP contribution in [0.5, 0.6) is 17.2 Å². The number of hydrogen-bond donors (Lipinski definition) is 6. The molecule has 0 bridgehead atoms. The number of aliphatic hydroxyl groups is 3. The van der Waals surface area contributed by atoms with E-state index in [9.17, 15) is 39.9 Å². The van der Waals surface area contributed by atoms with Gasteiger partial charge in [-0.3, -0.25) is 14.4 Å². The van der Waals surface area contributed by atoms with Gasteiger partial charge in [0.15, 0.2) is 17.9 Å². The summed E-state index contributed by atoms with van der Waals surface area (Å²) in [6.45, 7) is 3.42. The number of Topliss-reactive ketones (excluding diaryl/α,β-unsaturated/α-hetero) is 1. The van der Waals surface area contributed by atoms with Crippen LogP contribution in [0, 0.1) is 0 Å². The van der Waals surface area contributed by atoms with E-state index in [1.54, 1.807) is 6.92 Å². The summed E-state index contributed by atoms with van der Waals surface area (Å²) in [7, 11) is 1.34. The van der Waals surface area contributed by atoms with Crippen molar-refractivity contribution in [2.75, 3.05) is 20.3 Å². The Morgan fingerprint density at radius 3 is 2.52 bits per heavy atom. The van der Waals surface area contributed by atoms with Crippen molar-refractivity contribution in [1.82, 2.24) is 5.32 Å². The van der Waals surface area contributed by atoms with Gasteiger partial charge in [-0.1, -0.05) is 31.9 Å². The average Bonchev–Trinajstić information content (AvgIpc) is 3.00. The molecule has 2 aromatic carbocycles. The number of aromatic hydroxyl groups is 2. The molecule has 0 saturated carbocycles. The summed E-state index contributed by atoms with van der Waals surface area (Å²) >= 11 is 0. The number of unbranched alkanes of at least 4 members (excludes halogenated alkanes) is 2. The first-order valence-electron chi connectivity index (χ1n) is 14.9. The Labute approximate surface area is 254 Å².